The van der Waals surface area contributed by atoms with Crippen LogP contribution < -0.4 is 5.32 Å². The highest BCUT2D eigenvalue weighted by Crippen LogP contribution is 2.22. The number of rotatable bonds is 5. The minimum atomic E-state index is -0.334. The van der Waals surface area contributed by atoms with Gasteiger partial charge >= 0.3 is 0 Å². The Balaban J connectivity index is 1.57. The molecule has 2 aromatic heterocycles. The number of pyridine rings is 1. The van der Waals surface area contributed by atoms with Gasteiger partial charge in [0.1, 0.15) is 11.5 Å². The van der Waals surface area contributed by atoms with Gasteiger partial charge in [0.15, 0.2) is 0 Å². The van der Waals surface area contributed by atoms with Crippen molar-refractivity contribution in [2.24, 2.45) is 5.92 Å². The lowest BCUT2D eigenvalue weighted by Crippen LogP contribution is -2.34. The Hall–Kier alpha value is -2.63. The van der Waals surface area contributed by atoms with Crippen LogP contribution in [0.15, 0.2) is 40.9 Å². The van der Waals surface area contributed by atoms with Gasteiger partial charge in [-0.1, -0.05) is 6.07 Å². The van der Waals surface area contributed by atoms with Crippen molar-refractivity contribution in [1.82, 2.24) is 15.2 Å². The summed E-state index contributed by atoms with van der Waals surface area (Å²) in [5.41, 5.74) is 0.825. The van der Waals surface area contributed by atoms with E-state index in [-0.39, 0.29) is 30.2 Å². The van der Waals surface area contributed by atoms with Gasteiger partial charge in [-0.2, -0.15) is 0 Å². The Morgan fingerprint density at radius 3 is 2.92 bits per heavy atom. The fourth-order valence-corrected chi connectivity index (χ4v) is 2.88. The number of aryl methyl sites for hydroxylation is 1. The van der Waals surface area contributed by atoms with Gasteiger partial charge in [0, 0.05) is 19.2 Å². The van der Waals surface area contributed by atoms with Crippen molar-refractivity contribution in [2.45, 2.75) is 32.9 Å². The lowest BCUT2D eigenvalue weighted by atomic mass is 10.1. The summed E-state index contributed by atoms with van der Waals surface area (Å²) in [6.45, 7) is 4.60. The maximum absolute atomic E-state index is 12.4. The molecule has 2 amide bonds. The van der Waals surface area contributed by atoms with Crippen molar-refractivity contribution in [3.05, 3.63) is 53.7 Å². The van der Waals surface area contributed by atoms with Crippen LogP contribution in [0.2, 0.25) is 0 Å². The van der Waals surface area contributed by atoms with Crippen LogP contribution in [-0.2, 0) is 16.1 Å². The molecule has 1 fully saturated rings. The second-order valence-electron chi connectivity index (χ2n) is 6.18. The number of carbonyl (C=O) groups is 2. The van der Waals surface area contributed by atoms with Gasteiger partial charge in [-0.05, 0) is 38.1 Å². The molecule has 6 heteroatoms. The fraction of sp³-hybridized carbons (Fsp3) is 0.389. The molecule has 1 N–H and O–H groups in total. The molecule has 1 aliphatic heterocycles. The third-order valence-corrected chi connectivity index (χ3v) is 4.21. The van der Waals surface area contributed by atoms with E-state index in [0.29, 0.717) is 13.1 Å². The minimum Gasteiger partial charge on any atom is -0.464 e. The zero-order valence-corrected chi connectivity index (χ0v) is 13.9. The molecule has 1 saturated heterocycles. The van der Waals surface area contributed by atoms with Crippen LogP contribution in [-0.4, -0.2) is 28.2 Å². The quantitative estimate of drug-likeness (QED) is 0.913. The van der Waals surface area contributed by atoms with E-state index in [0.717, 1.165) is 17.2 Å². The van der Waals surface area contributed by atoms with Crippen LogP contribution in [0, 0.1) is 12.8 Å². The number of likely N-dealkylation sites (tertiary alicyclic amines) is 1. The van der Waals surface area contributed by atoms with Gasteiger partial charge in [0.05, 0.1) is 24.2 Å². The average molecular weight is 327 g/mol. The second-order valence-corrected chi connectivity index (χ2v) is 6.18. The standard InChI is InChI=1S/C18H21N3O3/c1-12-6-7-16(24-12)13(2)20-18(23)14-9-17(22)21(10-14)11-15-5-3-4-8-19-15/h3-8,13-14H,9-11H2,1-2H3,(H,20,23)/t13-,14-/m1/s1. The predicted octanol–water partition coefficient (Wildman–Crippen LogP) is 2.21. The zero-order chi connectivity index (χ0) is 17.1. The van der Waals surface area contributed by atoms with Crippen LogP contribution in [0.25, 0.3) is 0 Å². The Morgan fingerprint density at radius 1 is 1.42 bits per heavy atom. The lowest BCUT2D eigenvalue weighted by molar-refractivity contribution is -0.129. The molecule has 3 heterocycles. The van der Waals surface area contributed by atoms with Crippen LogP contribution >= 0.6 is 0 Å². The Kier molecular flexibility index (Phi) is 4.64. The first-order valence-electron chi connectivity index (χ1n) is 8.07. The van der Waals surface area contributed by atoms with Crippen molar-refractivity contribution >= 4 is 11.8 Å². The third kappa shape index (κ3) is 3.64. The maximum atomic E-state index is 12.4. The van der Waals surface area contributed by atoms with Crippen molar-refractivity contribution in [2.75, 3.05) is 6.54 Å². The average Bonchev–Trinajstić information content (AvgIpc) is 3.15. The molecule has 0 aromatic carbocycles. The summed E-state index contributed by atoms with van der Waals surface area (Å²) in [7, 11) is 0. The topological polar surface area (TPSA) is 75.4 Å². The van der Waals surface area contributed by atoms with E-state index < -0.39 is 0 Å². The lowest BCUT2D eigenvalue weighted by Gasteiger charge is -2.17. The van der Waals surface area contributed by atoms with Crippen LogP contribution in [0.3, 0.4) is 0 Å². The largest absolute Gasteiger partial charge is 0.464 e. The van der Waals surface area contributed by atoms with E-state index >= 15 is 0 Å². The first-order chi connectivity index (χ1) is 11.5. The first kappa shape index (κ1) is 16.2. The smallest absolute Gasteiger partial charge is 0.226 e. The van der Waals surface area contributed by atoms with Gasteiger partial charge in [0.2, 0.25) is 11.8 Å². The zero-order valence-electron chi connectivity index (χ0n) is 13.9. The molecular weight excluding hydrogens is 306 g/mol. The molecule has 0 spiro atoms. The molecule has 2 atom stereocenters. The molecular formula is C18H21N3O3. The minimum absolute atomic E-state index is 0.0118. The number of aromatic nitrogens is 1. The molecule has 1 aliphatic rings. The highest BCUT2D eigenvalue weighted by Gasteiger charge is 2.35. The number of carbonyl (C=O) groups excluding carboxylic acids is 2. The van der Waals surface area contributed by atoms with E-state index in [2.05, 4.69) is 10.3 Å². The predicted molar refractivity (Wildman–Crippen MR) is 87.8 cm³/mol. The summed E-state index contributed by atoms with van der Waals surface area (Å²) >= 11 is 0. The number of hydrogen-bond donors (Lipinski definition) is 1. The normalized spacial score (nSPS) is 18.7. The van der Waals surface area contributed by atoms with Crippen molar-refractivity contribution in [3.8, 4) is 0 Å². The van der Waals surface area contributed by atoms with Gasteiger partial charge in [0.25, 0.3) is 0 Å². The van der Waals surface area contributed by atoms with Crippen molar-refractivity contribution in [3.63, 3.8) is 0 Å². The molecule has 24 heavy (non-hydrogen) atoms. The van der Waals surface area contributed by atoms with Crippen LogP contribution in [0.5, 0.6) is 0 Å². The number of hydrogen-bond acceptors (Lipinski definition) is 4. The van der Waals surface area contributed by atoms with E-state index in [1.54, 1.807) is 11.1 Å². The third-order valence-electron chi connectivity index (χ3n) is 4.21. The molecule has 0 radical (unpaired) electrons. The molecule has 0 saturated carbocycles. The summed E-state index contributed by atoms with van der Waals surface area (Å²) in [4.78, 5) is 30.5. The Morgan fingerprint density at radius 2 is 2.25 bits per heavy atom. The molecule has 3 rings (SSSR count). The molecule has 0 unspecified atom stereocenters. The van der Waals surface area contributed by atoms with Gasteiger partial charge in [-0.25, -0.2) is 0 Å². The SMILES string of the molecule is Cc1ccc([C@@H](C)NC(=O)[C@@H]2CC(=O)N(Cc3ccccn3)C2)o1. The van der Waals surface area contributed by atoms with Crippen molar-refractivity contribution in [1.29, 1.82) is 0 Å². The molecule has 2 aromatic rings. The van der Waals surface area contributed by atoms with E-state index in [1.165, 1.54) is 0 Å². The number of amides is 2. The molecule has 0 bridgehead atoms. The van der Waals surface area contributed by atoms with E-state index in [4.69, 9.17) is 4.42 Å². The van der Waals surface area contributed by atoms with Crippen LogP contribution in [0.1, 0.15) is 36.6 Å². The summed E-state index contributed by atoms with van der Waals surface area (Å²) in [5, 5.41) is 2.93. The monoisotopic (exact) mass is 327 g/mol. The Labute approximate surface area is 140 Å². The summed E-state index contributed by atoms with van der Waals surface area (Å²) in [6, 6.07) is 9.11. The Bertz CT molecular complexity index is 726. The summed E-state index contributed by atoms with van der Waals surface area (Å²) in [5.74, 6) is 1.06. The number of furan rings is 1. The van der Waals surface area contributed by atoms with Crippen molar-refractivity contribution < 1.29 is 14.0 Å². The second kappa shape index (κ2) is 6.86. The molecule has 126 valence electrons. The number of nitrogens with one attached hydrogen (secondary N) is 1. The van der Waals surface area contributed by atoms with Gasteiger partial charge in [-0.15, -0.1) is 0 Å². The van der Waals surface area contributed by atoms with Gasteiger partial charge in [-0.3, -0.25) is 14.6 Å². The highest BCUT2D eigenvalue weighted by atomic mass is 16.3. The highest BCUT2D eigenvalue weighted by molar-refractivity contribution is 5.89. The maximum Gasteiger partial charge on any atom is 0.226 e. The van der Waals surface area contributed by atoms with Crippen LogP contribution in [0.4, 0.5) is 0 Å². The first-order valence-corrected chi connectivity index (χ1v) is 8.07. The van der Waals surface area contributed by atoms with Gasteiger partial charge < -0.3 is 14.6 Å². The molecule has 0 aliphatic carbocycles. The van der Waals surface area contributed by atoms with E-state index in [1.807, 2.05) is 44.2 Å². The van der Waals surface area contributed by atoms with E-state index in [9.17, 15) is 9.59 Å². The number of nitrogens with zero attached hydrogens (tertiary/aromatic N) is 2. The molecule has 6 nitrogen and oxygen atoms in total. The fourth-order valence-electron chi connectivity index (χ4n) is 2.88. The summed E-state index contributed by atoms with van der Waals surface area (Å²) in [6.07, 6.45) is 1.94. The summed E-state index contributed by atoms with van der Waals surface area (Å²) < 4.78 is 5.53.